The van der Waals surface area contributed by atoms with Crippen LogP contribution in [0.4, 0.5) is 0 Å². The Morgan fingerprint density at radius 3 is 2.84 bits per heavy atom. The average molecular weight is 260 g/mol. The van der Waals surface area contributed by atoms with E-state index >= 15 is 0 Å². The minimum Gasteiger partial charge on any atom is -0.314 e. The maximum Gasteiger partial charge on any atom is 0.0294 e. The summed E-state index contributed by atoms with van der Waals surface area (Å²) in [5.41, 5.74) is 2.73. The predicted octanol–water partition coefficient (Wildman–Crippen LogP) is 3.57. The Kier molecular flexibility index (Phi) is 5.41. The second-order valence-electron chi connectivity index (χ2n) is 6.09. The number of aryl methyl sites for hydroxylation is 1. The Morgan fingerprint density at radius 1 is 1.32 bits per heavy atom. The molecule has 19 heavy (non-hydrogen) atoms. The van der Waals surface area contributed by atoms with Crippen LogP contribution in [0.3, 0.4) is 0 Å². The summed E-state index contributed by atoms with van der Waals surface area (Å²) in [5.74, 6) is 0. The average Bonchev–Trinajstić information content (AvgIpc) is 2.39. The van der Waals surface area contributed by atoms with Gasteiger partial charge in [-0.05, 0) is 52.1 Å². The molecule has 0 aliphatic carbocycles. The molecule has 1 aromatic rings. The van der Waals surface area contributed by atoms with Gasteiger partial charge in [0.1, 0.15) is 0 Å². The third kappa shape index (κ3) is 4.63. The number of piperidine rings is 1. The lowest BCUT2D eigenvalue weighted by molar-refractivity contribution is 0.334. The number of hydrogen-bond acceptors (Lipinski definition) is 2. The molecule has 1 heterocycles. The van der Waals surface area contributed by atoms with E-state index in [9.17, 15) is 0 Å². The molecule has 2 heteroatoms. The Bertz CT molecular complexity index is 383. The van der Waals surface area contributed by atoms with Gasteiger partial charge >= 0.3 is 0 Å². The topological polar surface area (TPSA) is 24.1 Å². The molecule has 2 unspecified atom stereocenters. The molecule has 0 amide bonds. The van der Waals surface area contributed by atoms with E-state index in [0.29, 0.717) is 18.1 Å². The van der Waals surface area contributed by atoms with Gasteiger partial charge in [-0.25, -0.2) is 0 Å². The first-order valence-corrected chi connectivity index (χ1v) is 7.71. The van der Waals surface area contributed by atoms with Crippen LogP contribution in [0.25, 0.3) is 0 Å². The summed E-state index contributed by atoms with van der Waals surface area (Å²) in [6.07, 6.45) is 5.30. The Morgan fingerprint density at radius 2 is 2.16 bits per heavy atom. The zero-order valence-electron chi connectivity index (χ0n) is 12.6. The molecule has 0 bridgehead atoms. The van der Waals surface area contributed by atoms with Crippen molar-refractivity contribution in [3.8, 4) is 0 Å². The first-order valence-electron chi connectivity index (χ1n) is 7.71. The Labute approximate surface area is 118 Å². The molecule has 0 spiro atoms. The van der Waals surface area contributed by atoms with Crippen LogP contribution in [0.2, 0.25) is 0 Å². The molecule has 2 rings (SSSR count). The van der Waals surface area contributed by atoms with Crippen LogP contribution in [-0.2, 0) is 0 Å². The van der Waals surface area contributed by atoms with Crippen molar-refractivity contribution in [1.29, 1.82) is 0 Å². The zero-order chi connectivity index (χ0) is 13.7. The minimum atomic E-state index is 0.429. The first kappa shape index (κ1) is 14.5. The lowest BCUT2D eigenvalue weighted by atomic mass is 9.97. The van der Waals surface area contributed by atoms with Gasteiger partial charge in [-0.2, -0.15) is 0 Å². The van der Waals surface area contributed by atoms with Crippen LogP contribution in [-0.4, -0.2) is 18.6 Å². The summed E-state index contributed by atoms with van der Waals surface area (Å²) >= 11 is 0. The van der Waals surface area contributed by atoms with Gasteiger partial charge in [-0.15, -0.1) is 0 Å². The smallest absolute Gasteiger partial charge is 0.0294 e. The van der Waals surface area contributed by atoms with Crippen molar-refractivity contribution in [2.45, 2.75) is 64.6 Å². The Hall–Kier alpha value is -0.860. The van der Waals surface area contributed by atoms with Gasteiger partial charge in [0.25, 0.3) is 0 Å². The lowest BCUT2D eigenvalue weighted by Crippen LogP contribution is -2.40. The molecule has 3 atom stereocenters. The van der Waals surface area contributed by atoms with Gasteiger partial charge in [0.15, 0.2) is 0 Å². The predicted molar refractivity (Wildman–Crippen MR) is 82.5 cm³/mol. The second-order valence-corrected chi connectivity index (χ2v) is 6.09. The van der Waals surface area contributed by atoms with Gasteiger partial charge in [-0.3, -0.25) is 0 Å². The molecule has 1 aromatic carbocycles. The number of rotatable bonds is 5. The van der Waals surface area contributed by atoms with Crippen molar-refractivity contribution in [3.05, 3.63) is 35.4 Å². The highest BCUT2D eigenvalue weighted by Crippen LogP contribution is 2.17. The van der Waals surface area contributed by atoms with E-state index in [2.05, 4.69) is 55.7 Å². The van der Waals surface area contributed by atoms with E-state index < -0.39 is 0 Å². The highest BCUT2D eigenvalue weighted by atomic mass is 15.0. The standard InChI is InChI=1S/C17H28N2/c1-13-7-6-8-16(11-13)15(3)19-14(2)12-17-9-4-5-10-18-17/h6-8,11,14-15,17-19H,4-5,9-10,12H2,1-3H3/t14?,15-,17?/m0/s1. The van der Waals surface area contributed by atoms with Crippen molar-refractivity contribution in [2.24, 2.45) is 0 Å². The van der Waals surface area contributed by atoms with Gasteiger partial charge < -0.3 is 10.6 Å². The van der Waals surface area contributed by atoms with Crippen LogP contribution in [0.5, 0.6) is 0 Å². The molecular weight excluding hydrogens is 232 g/mol. The molecule has 1 saturated heterocycles. The highest BCUT2D eigenvalue weighted by molar-refractivity contribution is 5.24. The summed E-state index contributed by atoms with van der Waals surface area (Å²) < 4.78 is 0. The van der Waals surface area contributed by atoms with Crippen LogP contribution in [0, 0.1) is 6.92 Å². The summed E-state index contributed by atoms with van der Waals surface area (Å²) in [5, 5.41) is 7.36. The fourth-order valence-electron chi connectivity index (χ4n) is 3.08. The van der Waals surface area contributed by atoms with Gasteiger partial charge in [0, 0.05) is 18.1 Å². The van der Waals surface area contributed by atoms with Crippen LogP contribution in [0.15, 0.2) is 24.3 Å². The highest BCUT2D eigenvalue weighted by Gasteiger charge is 2.17. The fraction of sp³-hybridized carbons (Fsp3) is 0.647. The number of benzene rings is 1. The molecule has 0 aromatic heterocycles. The van der Waals surface area contributed by atoms with Crippen molar-refractivity contribution in [1.82, 2.24) is 10.6 Å². The summed E-state index contributed by atoms with van der Waals surface area (Å²) in [6, 6.07) is 10.5. The quantitative estimate of drug-likeness (QED) is 0.846. The second kappa shape index (κ2) is 7.06. The van der Waals surface area contributed by atoms with Crippen molar-refractivity contribution >= 4 is 0 Å². The number of hydrogen-bond donors (Lipinski definition) is 2. The summed E-state index contributed by atoms with van der Waals surface area (Å²) in [4.78, 5) is 0. The minimum absolute atomic E-state index is 0.429. The first-order chi connectivity index (χ1) is 9.15. The molecule has 2 N–H and O–H groups in total. The third-order valence-electron chi connectivity index (χ3n) is 4.13. The van der Waals surface area contributed by atoms with E-state index in [1.807, 2.05) is 0 Å². The van der Waals surface area contributed by atoms with Crippen molar-refractivity contribution in [3.63, 3.8) is 0 Å². The molecular formula is C17H28N2. The fourth-order valence-corrected chi connectivity index (χ4v) is 3.08. The zero-order valence-corrected chi connectivity index (χ0v) is 12.6. The van der Waals surface area contributed by atoms with Gasteiger partial charge in [-0.1, -0.05) is 36.2 Å². The Balaban J connectivity index is 1.82. The van der Waals surface area contributed by atoms with E-state index in [-0.39, 0.29) is 0 Å². The molecule has 2 nitrogen and oxygen atoms in total. The molecule has 106 valence electrons. The largest absolute Gasteiger partial charge is 0.314 e. The van der Waals surface area contributed by atoms with E-state index in [4.69, 9.17) is 0 Å². The SMILES string of the molecule is Cc1cccc([C@H](C)NC(C)CC2CCCCN2)c1. The van der Waals surface area contributed by atoms with Crippen LogP contribution < -0.4 is 10.6 Å². The van der Waals surface area contributed by atoms with E-state index in [1.54, 1.807) is 0 Å². The molecule has 1 fully saturated rings. The maximum atomic E-state index is 3.73. The number of nitrogens with one attached hydrogen (secondary N) is 2. The maximum absolute atomic E-state index is 3.73. The van der Waals surface area contributed by atoms with Crippen molar-refractivity contribution < 1.29 is 0 Å². The van der Waals surface area contributed by atoms with E-state index in [1.165, 1.54) is 43.4 Å². The van der Waals surface area contributed by atoms with Gasteiger partial charge in [0.2, 0.25) is 0 Å². The molecule has 1 aliphatic rings. The third-order valence-corrected chi connectivity index (χ3v) is 4.13. The summed E-state index contributed by atoms with van der Waals surface area (Å²) in [7, 11) is 0. The van der Waals surface area contributed by atoms with Crippen LogP contribution >= 0.6 is 0 Å². The molecule has 0 radical (unpaired) electrons. The van der Waals surface area contributed by atoms with Crippen LogP contribution in [0.1, 0.15) is 56.7 Å². The monoisotopic (exact) mass is 260 g/mol. The molecule has 0 saturated carbocycles. The lowest BCUT2D eigenvalue weighted by Gasteiger charge is -2.28. The van der Waals surface area contributed by atoms with E-state index in [0.717, 1.165) is 0 Å². The van der Waals surface area contributed by atoms with Gasteiger partial charge in [0.05, 0.1) is 0 Å². The van der Waals surface area contributed by atoms with Crippen molar-refractivity contribution in [2.75, 3.05) is 6.54 Å². The summed E-state index contributed by atoms with van der Waals surface area (Å²) in [6.45, 7) is 7.93. The molecule has 1 aliphatic heterocycles. The normalized spacial score (nSPS) is 23.0.